The normalized spacial score (nSPS) is 10.2. The smallest absolute Gasteiger partial charge is 0.150 e. The van der Waals surface area contributed by atoms with Gasteiger partial charge in [-0.15, -0.1) is 0 Å². The molecule has 0 atom stereocenters. The minimum Gasteiger partial charge on any atom is -0.457 e. The number of halogens is 2. The Hall–Kier alpha value is -1.51. The van der Waals surface area contributed by atoms with E-state index in [-0.39, 0.29) is 0 Å². The zero-order chi connectivity index (χ0) is 13.1. The molecular formula is C14H10Cl2O2. The molecule has 2 aromatic carbocycles. The Morgan fingerprint density at radius 2 is 1.67 bits per heavy atom. The average Bonchev–Trinajstić information content (AvgIpc) is 2.34. The average molecular weight is 281 g/mol. The lowest BCUT2D eigenvalue weighted by Gasteiger charge is -2.08. The number of rotatable bonds is 3. The first-order valence-corrected chi connectivity index (χ1v) is 6.04. The molecule has 0 saturated heterocycles. The molecule has 0 aliphatic rings. The van der Waals surface area contributed by atoms with Crippen molar-refractivity contribution in [3.63, 3.8) is 0 Å². The zero-order valence-electron chi connectivity index (χ0n) is 9.61. The molecule has 0 radical (unpaired) electrons. The minimum atomic E-state index is 0.440. The number of carbonyl (C=O) groups is 1. The van der Waals surface area contributed by atoms with E-state index in [9.17, 15) is 4.79 Å². The molecule has 0 spiro atoms. The molecule has 2 nitrogen and oxygen atoms in total. The molecule has 0 unspecified atom stereocenters. The molecule has 0 fully saturated rings. The van der Waals surface area contributed by atoms with E-state index >= 15 is 0 Å². The number of hydrogen-bond donors (Lipinski definition) is 0. The highest BCUT2D eigenvalue weighted by Gasteiger charge is 2.04. The van der Waals surface area contributed by atoms with Gasteiger partial charge in [0, 0.05) is 11.6 Å². The van der Waals surface area contributed by atoms with Crippen LogP contribution in [0.15, 0.2) is 36.4 Å². The Morgan fingerprint density at radius 1 is 1.00 bits per heavy atom. The lowest BCUT2D eigenvalue weighted by Crippen LogP contribution is -1.89. The van der Waals surface area contributed by atoms with Crippen molar-refractivity contribution in [1.29, 1.82) is 0 Å². The van der Waals surface area contributed by atoms with Gasteiger partial charge < -0.3 is 4.74 Å². The Labute approximate surface area is 115 Å². The molecule has 0 aliphatic carbocycles. The second-order valence-electron chi connectivity index (χ2n) is 3.81. The Balaban J connectivity index is 2.25. The van der Waals surface area contributed by atoms with E-state index in [0.29, 0.717) is 27.1 Å². The zero-order valence-corrected chi connectivity index (χ0v) is 11.1. The van der Waals surface area contributed by atoms with Crippen molar-refractivity contribution in [3.05, 3.63) is 57.6 Å². The lowest BCUT2D eigenvalue weighted by molar-refractivity contribution is 0.112. The van der Waals surface area contributed by atoms with Gasteiger partial charge in [0.2, 0.25) is 0 Å². The first kappa shape index (κ1) is 12.9. The second-order valence-corrected chi connectivity index (χ2v) is 4.63. The van der Waals surface area contributed by atoms with Gasteiger partial charge >= 0.3 is 0 Å². The van der Waals surface area contributed by atoms with Gasteiger partial charge in [-0.25, -0.2) is 0 Å². The van der Waals surface area contributed by atoms with Crippen molar-refractivity contribution >= 4 is 29.5 Å². The molecule has 0 heterocycles. The summed E-state index contributed by atoms with van der Waals surface area (Å²) in [6, 6.07) is 10.3. The Morgan fingerprint density at radius 3 is 2.28 bits per heavy atom. The molecular weight excluding hydrogens is 271 g/mol. The van der Waals surface area contributed by atoms with Crippen LogP contribution in [0.3, 0.4) is 0 Å². The number of carbonyl (C=O) groups excluding carboxylic acids is 1. The van der Waals surface area contributed by atoms with Gasteiger partial charge in [-0.05, 0) is 42.8 Å². The summed E-state index contributed by atoms with van der Waals surface area (Å²) in [7, 11) is 0. The van der Waals surface area contributed by atoms with E-state index in [1.165, 1.54) is 0 Å². The van der Waals surface area contributed by atoms with E-state index in [1.54, 1.807) is 36.4 Å². The summed E-state index contributed by atoms with van der Waals surface area (Å²) in [5.74, 6) is 1.25. The quantitative estimate of drug-likeness (QED) is 0.747. The van der Waals surface area contributed by atoms with Crippen molar-refractivity contribution < 1.29 is 9.53 Å². The Bertz CT molecular complexity index is 594. The molecule has 2 aromatic rings. The topological polar surface area (TPSA) is 26.3 Å². The van der Waals surface area contributed by atoms with Crippen LogP contribution in [0, 0.1) is 6.92 Å². The minimum absolute atomic E-state index is 0.440. The van der Waals surface area contributed by atoms with Crippen molar-refractivity contribution in [2.75, 3.05) is 0 Å². The van der Waals surface area contributed by atoms with Crippen LogP contribution in [0.5, 0.6) is 11.5 Å². The maximum Gasteiger partial charge on any atom is 0.150 e. The summed E-state index contributed by atoms with van der Waals surface area (Å²) < 4.78 is 5.64. The number of aldehydes is 1. The van der Waals surface area contributed by atoms with E-state index in [2.05, 4.69) is 0 Å². The lowest BCUT2D eigenvalue weighted by atomic mass is 10.1. The van der Waals surface area contributed by atoms with Crippen LogP contribution < -0.4 is 4.74 Å². The summed E-state index contributed by atoms with van der Waals surface area (Å²) in [5.41, 5.74) is 1.51. The fourth-order valence-electron chi connectivity index (χ4n) is 1.52. The van der Waals surface area contributed by atoms with E-state index in [1.807, 2.05) is 6.92 Å². The van der Waals surface area contributed by atoms with Crippen LogP contribution in [0.4, 0.5) is 0 Å². The van der Waals surface area contributed by atoms with Crippen LogP contribution >= 0.6 is 23.2 Å². The van der Waals surface area contributed by atoms with Crippen LogP contribution in [0.2, 0.25) is 10.0 Å². The molecule has 2 rings (SSSR count). The van der Waals surface area contributed by atoms with E-state index in [4.69, 9.17) is 27.9 Å². The number of aryl methyl sites for hydroxylation is 1. The molecule has 0 aliphatic heterocycles. The summed E-state index contributed by atoms with van der Waals surface area (Å²) in [4.78, 5) is 10.7. The standard InChI is InChI=1S/C14H10Cl2O2/c1-9-6-11(3-2-10(9)8-17)18-12-4-5-13(15)14(16)7-12/h2-8H,1H3. The van der Waals surface area contributed by atoms with Crippen LogP contribution in [0.1, 0.15) is 15.9 Å². The van der Waals surface area contributed by atoms with Gasteiger partial charge in [0.15, 0.2) is 0 Å². The second kappa shape index (κ2) is 5.42. The largest absolute Gasteiger partial charge is 0.457 e. The maximum atomic E-state index is 10.7. The molecule has 0 bridgehead atoms. The monoisotopic (exact) mass is 280 g/mol. The van der Waals surface area contributed by atoms with Crippen molar-refractivity contribution in [2.24, 2.45) is 0 Å². The van der Waals surface area contributed by atoms with Crippen LogP contribution in [-0.2, 0) is 0 Å². The highest BCUT2D eigenvalue weighted by molar-refractivity contribution is 6.42. The first-order valence-electron chi connectivity index (χ1n) is 5.29. The SMILES string of the molecule is Cc1cc(Oc2ccc(Cl)c(Cl)c2)ccc1C=O. The predicted molar refractivity (Wildman–Crippen MR) is 73.1 cm³/mol. The summed E-state index contributed by atoms with van der Waals surface area (Å²) in [6.07, 6.45) is 0.818. The van der Waals surface area contributed by atoms with Crippen LogP contribution in [0.25, 0.3) is 0 Å². The third-order valence-electron chi connectivity index (χ3n) is 2.50. The van der Waals surface area contributed by atoms with Crippen molar-refractivity contribution in [1.82, 2.24) is 0 Å². The summed E-state index contributed by atoms with van der Waals surface area (Å²) in [5, 5.41) is 0.923. The fourth-order valence-corrected chi connectivity index (χ4v) is 1.81. The molecule has 0 amide bonds. The van der Waals surface area contributed by atoms with Gasteiger partial charge in [-0.3, -0.25) is 4.79 Å². The maximum absolute atomic E-state index is 10.7. The molecule has 0 saturated carbocycles. The van der Waals surface area contributed by atoms with Gasteiger partial charge in [-0.1, -0.05) is 23.2 Å². The predicted octanol–water partition coefficient (Wildman–Crippen LogP) is 4.91. The number of ether oxygens (including phenoxy) is 1. The van der Waals surface area contributed by atoms with Gasteiger partial charge in [-0.2, -0.15) is 0 Å². The third-order valence-corrected chi connectivity index (χ3v) is 3.23. The number of hydrogen-bond acceptors (Lipinski definition) is 2. The molecule has 0 N–H and O–H groups in total. The third kappa shape index (κ3) is 2.84. The van der Waals surface area contributed by atoms with Crippen LogP contribution in [-0.4, -0.2) is 6.29 Å². The summed E-state index contributed by atoms with van der Waals surface area (Å²) in [6.45, 7) is 1.85. The molecule has 4 heteroatoms. The molecule has 18 heavy (non-hydrogen) atoms. The Kier molecular flexibility index (Phi) is 3.90. The van der Waals surface area contributed by atoms with Gasteiger partial charge in [0.25, 0.3) is 0 Å². The summed E-state index contributed by atoms with van der Waals surface area (Å²) >= 11 is 11.7. The number of benzene rings is 2. The highest BCUT2D eigenvalue weighted by atomic mass is 35.5. The van der Waals surface area contributed by atoms with Crippen molar-refractivity contribution in [3.8, 4) is 11.5 Å². The fraction of sp³-hybridized carbons (Fsp3) is 0.0714. The highest BCUT2D eigenvalue weighted by Crippen LogP contribution is 2.29. The van der Waals surface area contributed by atoms with E-state index < -0.39 is 0 Å². The van der Waals surface area contributed by atoms with Gasteiger partial charge in [0.1, 0.15) is 17.8 Å². The van der Waals surface area contributed by atoms with Gasteiger partial charge in [0.05, 0.1) is 10.0 Å². The van der Waals surface area contributed by atoms with Crippen molar-refractivity contribution in [2.45, 2.75) is 6.92 Å². The molecule has 92 valence electrons. The molecule has 0 aromatic heterocycles. The first-order chi connectivity index (χ1) is 8.60. The van der Waals surface area contributed by atoms with E-state index in [0.717, 1.165) is 11.8 Å².